The van der Waals surface area contributed by atoms with Gasteiger partial charge in [-0.1, -0.05) is 6.07 Å². The summed E-state index contributed by atoms with van der Waals surface area (Å²) in [7, 11) is -3.46. The van der Waals surface area contributed by atoms with E-state index in [2.05, 4.69) is 15.9 Å². The Morgan fingerprint density at radius 3 is 2.43 bits per heavy atom. The van der Waals surface area contributed by atoms with E-state index >= 15 is 0 Å². The van der Waals surface area contributed by atoms with Crippen molar-refractivity contribution in [3.8, 4) is 5.75 Å². The number of hydrogen-bond acceptors (Lipinski definition) is 3. The molecule has 0 aromatic heterocycles. The van der Waals surface area contributed by atoms with Gasteiger partial charge in [0.15, 0.2) is 5.75 Å². The van der Waals surface area contributed by atoms with Crippen LogP contribution in [0.5, 0.6) is 5.75 Å². The van der Waals surface area contributed by atoms with Gasteiger partial charge in [-0.05, 0) is 50.7 Å². The number of para-hydroxylation sites is 1. The quantitative estimate of drug-likeness (QED) is 0.434. The van der Waals surface area contributed by atoms with Crippen molar-refractivity contribution in [2.24, 2.45) is 0 Å². The van der Waals surface area contributed by atoms with E-state index in [1.807, 2.05) is 22.6 Å². The normalized spacial score (nSPS) is 10.5. The number of rotatable bonds is 2. The van der Waals surface area contributed by atoms with Crippen molar-refractivity contribution in [1.82, 2.24) is 0 Å². The molecule has 14 heavy (non-hydrogen) atoms. The second-order valence-corrected chi connectivity index (χ2v) is 5.93. The van der Waals surface area contributed by atoms with Crippen molar-refractivity contribution >= 4 is 78.2 Å². The fourth-order valence-electron chi connectivity index (χ4n) is 0.714. The fourth-order valence-corrected chi connectivity index (χ4v) is 2.88. The van der Waals surface area contributed by atoms with E-state index in [1.165, 1.54) is 0 Å². The molecule has 0 unspecified atom stereocenters. The Bertz CT molecular complexity index is 401. The largest absolute Gasteiger partial charge is 0.380 e. The molecule has 7 heteroatoms. The predicted octanol–water partition coefficient (Wildman–Crippen LogP) is 2.01. The predicted molar refractivity (Wildman–Crippen MR) is 68.1 cm³/mol. The zero-order valence-corrected chi connectivity index (χ0v) is 14.2. The van der Waals surface area contributed by atoms with E-state index in [9.17, 15) is 8.42 Å². The van der Waals surface area contributed by atoms with Crippen LogP contribution in [-0.4, -0.2) is 44.2 Å². The van der Waals surface area contributed by atoms with E-state index in [1.54, 1.807) is 18.2 Å². The van der Waals surface area contributed by atoms with Crippen molar-refractivity contribution in [2.45, 2.75) is 0 Å². The minimum atomic E-state index is -3.46. The molecule has 0 heterocycles. The van der Waals surface area contributed by atoms with Gasteiger partial charge in [-0.25, -0.2) is 0 Å². The van der Waals surface area contributed by atoms with Gasteiger partial charge in [0.2, 0.25) is 0 Å². The SMILES string of the molecule is CS(=O)(=O)Oc1c(Br)cccc1I.[Na]. The van der Waals surface area contributed by atoms with Gasteiger partial charge >= 0.3 is 10.1 Å². The fraction of sp³-hybridized carbons (Fsp3) is 0.143. The third-order valence-corrected chi connectivity index (χ3v) is 3.10. The average molecular weight is 400 g/mol. The van der Waals surface area contributed by atoms with Gasteiger partial charge in [0.25, 0.3) is 0 Å². The van der Waals surface area contributed by atoms with Crippen molar-refractivity contribution in [1.29, 1.82) is 0 Å². The van der Waals surface area contributed by atoms with Gasteiger partial charge in [0, 0.05) is 29.6 Å². The minimum absolute atomic E-state index is 0. The third kappa shape index (κ3) is 4.80. The van der Waals surface area contributed by atoms with E-state index in [-0.39, 0.29) is 29.6 Å². The van der Waals surface area contributed by atoms with E-state index in [0.717, 1.165) is 9.83 Å². The Morgan fingerprint density at radius 1 is 1.43 bits per heavy atom. The van der Waals surface area contributed by atoms with E-state index < -0.39 is 10.1 Å². The maximum Gasteiger partial charge on any atom is 0.306 e. The molecule has 1 aromatic carbocycles. The standard InChI is InChI=1S/C7H6BrIO3S.Na/c1-13(10,11)12-7-5(8)3-2-4-6(7)9;/h2-4H,1H3;. The summed E-state index contributed by atoms with van der Waals surface area (Å²) in [5.74, 6) is 0.339. The van der Waals surface area contributed by atoms with Crippen LogP contribution >= 0.6 is 38.5 Å². The van der Waals surface area contributed by atoms with Gasteiger partial charge in [-0.15, -0.1) is 0 Å². The Balaban J connectivity index is 0.00000169. The van der Waals surface area contributed by atoms with Crippen LogP contribution < -0.4 is 4.18 Å². The maximum absolute atomic E-state index is 10.9. The third-order valence-electron chi connectivity index (χ3n) is 1.15. The zero-order chi connectivity index (χ0) is 10.1. The summed E-state index contributed by atoms with van der Waals surface area (Å²) in [6.45, 7) is 0. The molecule has 0 fully saturated rings. The monoisotopic (exact) mass is 399 g/mol. The Kier molecular flexibility index (Phi) is 6.56. The molecule has 0 N–H and O–H groups in total. The molecule has 0 bridgehead atoms. The molecule has 0 spiro atoms. The van der Waals surface area contributed by atoms with Crippen molar-refractivity contribution in [3.05, 3.63) is 26.2 Å². The molecule has 1 rings (SSSR count). The van der Waals surface area contributed by atoms with Gasteiger partial charge < -0.3 is 4.18 Å². The van der Waals surface area contributed by atoms with Crippen molar-refractivity contribution in [2.75, 3.05) is 6.26 Å². The molecule has 0 atom stereocenters. The van der Waals surface area contributed by atoms with Crippen LogP contribution in [0.1, 0.15) is 0 Å². The first-order valence-electron chi connectivity index (χ1n) is 3.23. The molecule has 1 aromatic rings. The van der Waals surface area contributed by atoms with Crippen LogP contribution in [0.4, 0.5) is 0 Å². The number of hydrogen-bond donors (Lipinski definition) is 0. The van der Waals surface area contributed by atoms with Gasteiger partial charge in [-0.2, -0.15) is 8.42 Å². The first-order chi connectivity index (χ1) is 5.90. The molecule has 73 valence electrons. The van der Waals surface area contributed by atoms with Gasteiger partial charge in [0.05, 0.1) is 14.3 Å². The summed E-state index contributed by atoms with van der Waals surface area (Å²) in [4.78, 5) is 0. The maximum atomic E-state index is 10.9. The summed E-state index contributed by atoms with van der Waals surface area (Å²) < 4.78 is 27.9. The number of halogens is 2. The van der Waals surface area contributed by atoms with Crippen LogP contribution in [0.25, 0.3) is 0 Å². The first kappa shape index (κ1) is 15.2. The molecular weight excluding hydrogens is 394 g/mol. The van der Waals surface area contributed by atoms with E-state index in [4.69, 9.17) is 4.18 Å². The van der Waals surface area contributed by atoms with Crippen molar-refractivity contribution in [3.63, 3.8) is 0 Å². The Morgan fingerprint density at radius 2 is 2.00 bits per heavy atom. The zero-order valence-electron chi connectivity index (χ0n) is 7.62. The molecular formula is C7H6BrINaO3S. The second-order valence-electron chi connectivity index (χ2n) is 2.34. The molecule has 0 saturated heterocycles. The summed E-state index contributed by atoms with van der Waals surface area (Å²) in [5, 5.41) is 0. The van der Waals surface area contributed by atoms with Gasteiger partial charge in [-0.3, -0.25) is 0 Å². The molecule has 0 aliphatic rings. The molecule has 1 radical (unpaired) electrons. The second kappa shape index (κ2) is 6.05. The van der Waals surface area contributed by atoms with Crippen LogP contribution in [0.3, 0.4) is 0 Å². The summed E-state index contributed by atoms with van der Waals surface area (Å²) >= 11 is 5.21. The molecule has 0 aliphatic heterocycles. The van der Waals surface area contributed by atoms with Crippen LogP contribution in [0.2, 0.25) is 0 Å². The average Bonchev–Trinajstić information content (AvgIpc) is 1.95. The molecule has 0 aliphatic carbocycles. The summed E-state index contributed by atoms with van der Waals surface area (Å²) in [5.41, 5.74) is 0. The number of benzene rings is 1. The van der Waals surface area contributed by atoms with E-state index in [0.29, 0.717) is 10.2 Å². The van der Waals surface area contributed by atoms with Gasteiger partial charge in [0.1, 0.15) is 0 Å². The summed E-state index contributed by atoms with van der Waals surface area (Å²) in [6, 6.07) is 5.30. The Labute approximate surface area is 127 Å². The summed E-state index contributed by atoms with van der Waals surface area (Å²) in [6.07, 6.45) is 1.02. The smallest absolute Gasteiger partial charge is 0.306 e. The van der Waals surface area contributed by atoms with Crippen LogP contribution in [0, 0.1) is 3.57 Å². The van der Waals surface area contributed by atoms with Crippen molar-refractivity contribution < 1.29 is 12.6 Å². The topological polar surface area (TPSA) is 43.4 Å². The molecule has 3 nitrogen and oxygen atoms in total. The Hall–Kier alpha value is 1.18. The molecule has 0 amide bonds. The molecule has 0 saturated carbocycles. The first-order valence-corrected chi connectivity index (χ1v) is 6.92. The minimum Gasteiger partial charge on any atom is -0.380 e. The van der Waals surface area contributed by atoms with Crippen LogP contribution in [-0.2, 0) is 10.1 Å². The van der Waals surface area contributed by atoms with Crippen LogP contribution in [0.15, 0.2) is 22.7 Å².